The first-order valence-corrected chi connectivity index (χ1v) is 8.71. The van der Waals surface area contributed by atoms with Crippen LogP contribution in [0.1, 0.15) is 27.8 Å². The van der Waals surface area contributed by atoms with Gasteiger partial charge >= 0.3 is 0 Å². The van der Waals surface area contributed by atoms with E-state index in [0.717, 1.165) is 11.4 Å². The van der Waals surface area contributed by atoms with Gasteiger partial charge in [0, 0.05) is 36.7 Å². The van der Waals surface area contributed by atoms with Crippen LogP contribution in [0.15, 0.2) is 60.9 Å². The molecule has 1 aromatic heterocycles. The smallest absolute Gasteiger partial charge is 0.275 e. The third kappa shape index (κ3) is 4.70. The molecule has 28 heavy (non-hydrogen) atoms. The Labute approximate surface area is 163 Å². The number of carbonyl (C=O) groups is 2. The zero-order valence-corrected chi connectivity index (χ0v) is 15.9. The van der Waals surface area contributed by atoms with Gasteiger partial charge in [-0.05, 0) is 55.5 Å². The van der Waals surface area contributed by atoms with Crippen LogP contribution in [0.3, 0.4) is 0 Å². The maximum absolute atomic E-state index is 12.3. The summed E-state index contributed by atoms with van der Waals surface area (Å²) < 4.78 is 0. The normalized spacial score (nSPS) is 10.2. The molecule has 0 bridgehead atoms. The van der Waals surface area contributed by atoms with Crippen LogP contribution in [-0.2, 0) is 0 Å². The van der Waals surface area contributed by atoms with Gasteiger partial charge in [-0.3, -0.25) is 9.59 Å². The lowest BCUT2D eigenvalue weighted by atomic mass is 10.1. The highest BCUT2D eigenvalue weighted by Gasteiger charge is 2.09. The van der Waals surface area contributed by atoms with Gasteiger partial charge in [-0.25, -0.2) is 9.97 Å². The number of nitrogens with one attached hydrogen (secondary N) is 2. The van der Waals surface area contributed by atoms with E-state index in [4.69, 9.17) is 0 Å². The van der Waals surface area contributed by atoms with Crippen LogP contribution >= 0.6 is 0 Å². The standard InChI is InChI=1S/C21H21N5O2/c1-14(27)15-4-6-16(7-5-15)24-20-13-22-19(12-23-20)21(28)25-17-8-10-18(11-9-17)26(2)3/h4-13H,1-3H3,(H,23,24)(H,25,28). The second-order valence-electron chi connectivity index (χ2n) is 6.44. The Morgan fingerprint density at radius 3 is 2.04 bits per heavy atom. The molecule has 0 unspecified atom stereocenters. The number of ketones is 1. The van der Waals surface area contributed by atoms with Crippen molar-refractivity contribution in [3.63, 3.8) is 0 Å². The molecular formula is C21H21N5O2. The molecule has 142 valence electrons. The Balaban J connectivity index is 1.63. The number of nitrogens with zero attached hydrogens (tertiary/aromatic N) is 3. The van der Waals surface area contributed by atoms with Gasteiger partial charge in [-0.15, -0.1) is 0 Å². The summed E-state index contributed by atoms with van der Waals surface area (Å²) in [7, 11) is 3.91. The Bertz CT molecular complexity index is 965. The van der Waals surface area contributed by atoms with Crippen LogP contribution in [-0.4, -0.2) is 35.8 Å². The average molecular weight is 375 g/mol. The van der Waals surface area contributed by atoms with Crippen molar-refractivity contribution in [2.45, 2.75) is 6.92 Å². The summed E-state index contributed by atoms with van der Waals surface area (Å²) >= 11 is 0. The monoisotopic (exact) mass is 375 g/mol. The van der Waals surface area contributed by atoms with Gasteiger partial charge in [0.1, 0.15) is 11.5 Å². The Hall–Kier alpha value is -3.74. The number of carbonyl (C=O) groups excluding carboxylic acids is 2. The largest absolute Gasteiger partial charge is 0.378 e. The number of amides is 1. The van der Waals surface area contributed by atoms with Gasteiger partial charge in [-0.1, -0.05) is 0 Å². The first-order chi connectivity index (χ1) is 13.4. The van der Waals surface area contributed by atoms with Gasteiger partial charge in [-0.2, -0.15) is 0 Å². The molecule has 0 aliphatic carbocycles. The molecule has 0 spiro atoms. The number of anilines is 4. The van der Waals surface area contributed by atoms with Crippen molar-refractivity contribution in [3.05, 3.63) is 72.2 Å². The van der Waals surface area contributed by atoms with Crippen molar-refractivity contribution in [3.8, 4) is 0 Å². The van der Waals surface area contributed by atoms with Crippen LogP contribution in [0, 0.1) is 0 Å². The molecule has 0 atom stereocenters. The molecule has 0 aliphatic heterocycles. The number of rotatable bonds is 6. The molecule has 7 heteroatoms. The minimum atomic E-state index is -0.331. The van der Waals surface area contributed by atoms with Crippen LogP contribution in [0.4, 0.5) is 22.9 Å². The van der Waals surface area contributed by atoms with Gasteiger partial charge in [0.2, 0.25) is 0 Å². The summed E-state index contributed by atoms with van der Waals surface area (Å²) in [5.41, 5.74) is 3.36. The molecule has 7 nitrogen and oxygen atoms in total. The number of hydrogen-bond acceptors (Lipinski definition) is 6. The van der Waals surface area contributed by atoms with Crippen LogP contribution in [0.25, 0.3) is 0 Å². The van der Waals surface area contributed by atoms with Gasteiger partial charge < -0.3 is 15.5 Å². The molecule has 0 radical (unpaired) electrons. The summed E-state index contributed by atoms with van der Waals surface area (Å²) in [5, 5.41) is 5.88. The summed E-state index contributed by atoms with van der Waals surface area (Å²) in [6.45, 7) is 1.52. The first kappa shape index (κ1) is 19.0. The number of benzene rings is 2. The summed E-state index contributed by atoms with van der Waals surface area (Å²) in [5.74, 6) is 0.183. The minimum absolute atomic E-state index is 0.0121. The molecule has 0 saturated heterocycles. The molecule has 1 heterocycles. The van der Waals surface area contributed by atoms with Gasteiger partial charge in [0.25, 0.3) is 5.91 Å². The van der Waals surface area contributed by atoms with Crippen molar-refractivity contribution in [1.29, 1.82) is 0 Å². The molecule has 2 N–H and O–H groups in total. The van der Waals surface area contributed by atoms with E-state index in [2.05, 4.69) is 20.6 Å². The second-order valence-corrected chi connectivity index (χ2v) is 6.44. The van der Waals surface area contributed by atoms with E-state index in [1.54, 1.807) is 24.3 Å². The molecule has 0 aliphatic rings. The lowest BCUT2D eigenvalue weighted by molar-refractivity contribution is 0.101. The maximum Gasteiger partial charge on any atom is 0.275 e. The fourth-order valence-electron chi connectivity index (χ4n) is 2.48. The van der Waals surface area contributed by atoms with Gasteiger partial charge in [0.05, 0.1) is 12.4 Å². The topological polar surface area (TPSA) is 87.2 Å². The molecule has 3 rings (SSSR count). The highest BCUT2D eigenvalue weighted by molar-refractivity contribution is 6.02. The van der Waals surface area contributed by atoms with Gasteiger partial charge in [0.15, 0.2) is 5.78 Å². The molecule has 0 fully saturated rings. The third-order valence-electron chi connectivity index (χ3n) is 4.09. The lowest BCUT2D eigenvalue weighted by Gasteiger charge is -2.13. The maximum atomic E-state index is 12.3. The number of hydrogen-bond donors (Lipinski definition) is 2. The van der Waals surface area contributed by atoms with E-state index < -0.39 is 0 Å². The fourth-order valence-corrected chi connectivity index (χ4v) is 2.48. The van der Waals surface area contributed by atoms with E-state index in [0.29, 0.717) is 17.1 Å². The summed E-state index contributed by atoms with van der Waals surface area (Å²) in [6.07, 6.45) is 2.90. The van der Waals surface area contributed by atoms with Crippen molar-refractivity contribution in [2.75, 3.05) is 29.6 Å². The van der Waals surface area contributed by atoms with E-state index in [9.17, 15) is 9.59 Å². The lowest BCUT2D eigenvalue weighted by Crippen LogP contribution is -2.14. The Morgan fingerprint density at radius 2 is 1.50 bits per heavy atom. The van der Waals surface area contributed by atoms with E-state index in [1.165, 1.54) is 19.3 Å². The van der Waals surface area contributed by atoms with Crippen LogP contribution < -0.4 is 15.5 Å². The molecular weight excluding hydrogens is 354 g/mol. The zero-order valence-electron chi connectivity index (χ0n) is 15.9. The number of aromatic nitrogens is 2. The summed E-state index contributed by atoms with van der Waals surface area (Å²) in [6, 6.07) is 14.6. The minimum Gasteiger partial charge on any atom is -0.378 e. The highest BCUT2D eigenvalue weighted by Crippen LogP contribution is 2.17. The number of Topliss-reactive ketones (excluding diaryl/α,β-unsaturated/α-hetero) is 1. The predicted molar refractivity (Wildman–Crippen MR) is 110 cm³/mol. The Kier molecular flexibility index (Phi) is 5.64. The second kappa shape index (κ2) is 8.30. The quantitative estimate of drug-likeness (QED) is 0.638. The summed E-state index contributed by atoms with van der Waals surface area (Å²) in [4.78, 5) is 34.0. The van der Waals surface area contributed by atoms with Crippen LogP contribution in [0.2, 0.25) is 0 Å². The molecule has 3 aromatic rings. The zero-order chi connectivity index (χ0) is 20.1. The highest BCUT2D eigenvalue weighted by atomic mass is 16.2. The molecule has 1 amide bonds. The van der Waals surface area contributed by atoms with Crippen LogP contribution in [0.5, 0.6) is 0 Å². The molecule has 0 saturated carbocycles. The molecule has 2 aromatic carbocycles. The fraction of sp³-hybridized carbons (Fsp3) is 0.143. The van der Waals surface area contributed by atoms with Crippen molar-refractivity contribution in [2.24, 2.45) is 0 Å². The van der Waals surface area contributed by atoms with E-state index in [-0.39, 0.29) is 17.4 Å². The SMILES string of the molecule is CC(=O)c1ccc(Nc2cnc(C(=O)Nc3ccc(N(C)C)cc3)cn2)cc1. The average Bonchev–Trinajstić information content (AvgIpc) is 2.69. The predicted octanol–water partition coefficient (Wildman–Crippen LogP) is 3.74. The van der Waals surface area contributed by atoms with Crippen molar-refractivity contribution >= 4 is 34.6 Å². The third-order valence-corrected chi connectivity index (χ3v) is 4.09. The van der Waals surface area contributed by atoms with E-state index in [1.807, 2.05) is 43.3 Å². The van der Waals surface area contributed by atoms with Crippen molar-refractivity contribution < 1.29 is 9.59 Å². The first-order valence-electron chi connectivity index (χ1n) is 8.71. The Morgan fingerprint density at radius 1 is 0.857 bits per heavy atom. The van der Waals surface area contributed by atoms with Crippen molar-refractivity contribution in [1.82, 2.24) is 9.97 Å². The van der Waals surface area contributed by atoms with E-state index >= 15 is 0 Å².